The van der Waals surface area contributed by atoms with Gasteiger partial charge in [-0.2, -0.15) is 0 Å². The lowest BCUT2D eigenvalue weighted by Crippen LogP contribution is -2.46. The summed E-state index contributed by atoms with van der Waals surface area (Å²) < 4.78 is 11.1. The van der Waals surface area contributed by atoms with Gasteiger partial charge in [0.2, 0.25) is 0 Å². The van der Waals surface area contributed by atoms with E-state index < -0.39 is 69.2 Å². The number of aliphatic hydroxyl groups is 4. The van der Waals surface area contributed by atoms with Crippen LogP contribution < -0.4 is 9.47 Å². The molecular formula is C32H30O12. The van der Waals surface area contributed by atoms with Gasteiger partial charge in [0.05, 0.1) is 48.8 Å². The maximum Gasteiger partial charge on any atom is 0.194 e. The molecule has 6 rings (SSSR count). The molecule has 0 saturated carbocycles. The zero-order chi connectivity index (χ0) is 32.2. The molecule has 0 amide bonds. The number of aliphatic hydroxyl groups excluding tert-OH is 2. The molecule has 0 bridgehead atoms. The summed E-state index contributed by atoms with van der Waals surface area (Å²) in [6, 6.07) is 2.14. The fourth-order valence-corrected chi connectivity index (χ4v) is 6.76. The van der Waals surface area contributed by atoms with Crippen molar-refractivity contribution in [1.29, 1.82) is 0 Å². The molecule has 0 heterocycles. The summed E-state index contributed by atoms with van der Waals surface area (Å²) in [7, 11) is 2.44. The van der Waals surface area contributed by atoms with Crippen molar-refractivity contribution in [1.82, 2.24) is 0 Å². The van der Waals surface area contributed by atoms with Crippen LogP contribution in [0, 0.1) is 0 Å². The number of ketones is 4. The van der Waals surface area contributed by atoms with Crippen molar-refractivity contribution in [2.24, 2.45) is 0 Å². The number of ether oxygens (including phenoxy) is 2. The lowest BCUT2D eigenvalue weighted by Gasteiger charge is -2.38. The first-order valence-corrected chi connectivity index (χ1v) is 13.9. The van der Waals surface area contributed by atoms with Crippen molar-refractivity contribution in [3.63, 3.8) is 0 Å². The Labute approximate surface area is 250 Å². The summed E-state index contributed by atoms with van der Waals surface area (Å²) in [5.41, 5.74) is -5.83. The van der Waals surface area contributed by atoms with Crippen molar-refractivity contribution >= 4 is 23.1 Å². The van der Waals surface area contributed by atoms with Gasteiger partial charge >= 0.3 is 0 Å². The molecule has 230 valence electrons. The molecule has 44 heavy (non-hydrogen) atoms. The van der Waals surface area contributed by atoms with Crippen molar-refractivity contribution in [3.8, 4) is 34.1 Å². The molecule has 0 fully saturated rings. The number of hydrogen-bond donors (Lipinski definition) is 6. The Morgan fingerprint density at radius 1 is 0.591 bits per heavy atom. The van der Waals surface area contributed by atoms with Crippen molar-refractivity contribution in [2.45, 2.75) is 62.9 Å². The van der Waals surface area contributed by atoms with E-state index in [2.05, 4.69) is 0 Å². The minimum atomic E-state index is -1.75. The van der Waals surface area contributed by atoms with Gasteiger partial charge in [-0.15, -0.1) is 0 Å². The van der Waals surface area contributed by atoms with Crippen LogP contribution in [0.2, 0.25) is 0 Å². The number of benzene rings is 2. The molecule has 4 aliphatic rings. The molecule has 0 aromatic heterocycles. The number of aromatic hydroxyl groups is 2. The van der Waals surface area contributed by atoms with E-state index in [1.54, 1.807) is 0 Å². The van der Waals surface area contributed by atoms with E-state index in [1.165, 1.54) is 28.1 Å². The van der Waals surface area contributed by atoms with Crippen molar-refractivity contribution < 1.29 is 59.3 Å². The fourth-order valence-electron chi connectivity index (χ4n) is 6.76. The molecule has 2 aromatic rings. The Bertz CT molecular complexity index is 1670. The highest BCUT2D eigenvalue weighted by Gasteiger charge is 2.49. The van der Waals surface area contributed by atoms with Gasteiger partial charge in [0.15, 0.2) is 23.1 Å². The van der Waals surface area contributed by atoms with Crippen LogP contribution in [-0.4, -0.2) is 91.4 Å². The molecule has 0 radical (unpaired) electrons. The van der Waals surface area contributed by atoms with Gasteiger partial charge in [0.25, 0.3) is 0 Å². The second-order valence-corrected chi connectivity index (χ2v) is 12.2. The third-order valence-corrected chi connectivity index (χ3v) is 9.26. The number of phenols is 2. The minimum absolute atomic E-state index is 0.0725. The van der Waals surface area contributed by atoms with Gasteiger partial charge in [-0.3, -0.25) is 19.2 Å². The number of Topliss-reactive ketones (excluding diaryl/α,β-unsaturated/α-hetero) is 4. The second kappa shape index (κ2) is 9.57. The van der Waals surface area contributed by atoms with E-state index in [9.17, 15) is 49.8 Å². The van der Waals surface area contributed by atoms with Crippen LogP contribution in [0.1, 0.15) is 81.0 Å². The maximum atomic E-state index is 14.3. The molecule has 6 N–H and O–H groups in total. The van der Waals surface area contributed by atoms with Crippen LogP contribution >= 0.6 is 0 Å². The monoisotopic (exact) mass is 606 g/mol. The van der Waals surface area contributed by atoms with Crippen LogP contribution in [0.25, 0.3) is 11.1 Å². The first kappa shape index (κ1) is 29.7. The van der Waals surface area contributed by atoms with E-state index >= 15 is 0 Å². The Hall–Kier alpha value is -4.36. The average Bonchev–Trinajstić information content (AvgIpc) is 2.95. The van der Waals surface area contributed by atoms with Gasteiger partial charge < -0.3 is 40.1 Å². The Morgan fingerprint density at radius 2 is 0.909 bits per heavy atom. The molecule has 4 aliphatic carbocycles. The lowest BCUT2D eigenvalue weighted by molar-refractivity contribution is -0.0651. The largest absolute Gasteiger partial charge is 0.507 e. The molecule has 0 unspecified atom stereocenters. The molecule has 12 heteroatoms. The minimum Gasteiger partial charge on any atom is -0.507 e. The summed E-state index contributed by atoms with van der Waals surface area (Å²) >= 11 is 0. The predicted molar refractivity (Wildman–Crippen MR) is 151 cm³/mol. The molecule has 0 aliphatic heterocycles. The van der Waals surface area contributed by atoms with E-state index in [4.69, 9.17) is 9.47 Å². The highest BCUT2D eigenvalue weighted by atomic mass is 16.5. The Morgan fingerprint density at radius 3 is 1.23 bits per heavy atom. The standard InChI is InChI=1S/C32H30O12/c1-31(41)9-13-11(5-19(31)35)27(37)21-15(33)7-17(43-3)23(25(21)29(13)39)24-18(44-4)8-16(34)22-26(24)30(40)14-10-32(2,42)20(36)6-12(14)28(22)38/h7-8,19-20,33-36,41-42H,5-6,9-10H2,1-4H3/t19-,20-,31+,32+/m1/s1. The number of carbonyl (C=O) groups excluding carboxylic acids is 4. The zero-order valence-corrected chi connectivity index (χ0v) is 24.3. The number of carbonyl (C=O) groups is 4. The molecule has 0 saturated heterocycles. The number of rotatable bonds is 3. The summed E-state index contributed by atoms with van der Waals surface area (Å²) in [6.45, 7) is 2.65. The van der Waals surface area contributed by atoms with E-state index in [0.29, 0.717) is 0 Å². The van der Waals surface area contributed by atoms with Crippen LogP contribution in [-0.2, 0) is 0 Å². The Kier molecular flexibility index (Phi) is 6.46. The highest BCUT2D eigenvalue weighted by molar-refractivity contribution is 6.34. The average molecular weight is 607 g/mol. The van der Waals surface area contributed by atoms with E-state index in [0.717, 1.165) is 12.1 Å². The molecular weight excluding hydrogens is 576 g/mol. The molecule has 0 spiro atoms. The SMILES string of the molecule is COc1cc(O)c2c(c1-c1c(OC)cc(O)c3c1C(=O)C1=C(C[C@@H](O)[C@@](C)(O)C1)C3=O)C(=O)C1=C(C[C@@H](O)[C@@](C)(O)C1)C2=O. The number of methoxy groups -OCH3 is 2. The van der Waals surface area contributed by atoms with Crippen molar-refractivity contribution in [3.05, 3.63) is 56.7 Å². The highest BCUT2D eigenvalue weighted by Crippen LogP contribution is 2.54. The van der Waals surface area contributed by atoms with E-state index in [-0.39, 0.29) is 81.7 Å². The smallest absolute Gasteiger partial charge is 0.194 e. The van der Waals surface area contributed by atoms with Gasteiger partial charge in [0, 0.05) is 82.4 Å². The van der Waals surface area contributed by atoms with Gasteiger partial charge in [0.1, 0.15) is 23.0 Å². The second-order valence-electron chi connectivity index (χ2n) is 12.2. The molecule has 2 aromatic carbocycles. The first-order valence-electron chi connectivity index (χ1n) is 13.9. The van der Waals surface area contributed by atoms with Crippen LogP contribution in [0.5, 0.6) is 23.0 Å². The normalized spacial score (nSPS) is 28.0. The third kappa shape index (κ3) is 3.91. The summed E-state index contributed by atoms with van der Waals surface area (Å²) in [5, 5.41) is 64.5. The summed E-state index contributed by atoms with van der Waals surface area (Å²) in [5.74, 6) is -4.70. The quantitative estimate of drug-likeness (QED) is 0.296. The van der Waals surface area contributed by atoms with Gasteiger partial charge in [-0.25, -0.2) is 0 Å². The molecule has 4 atom stereocenters. The number of phenolic OH excluding ortho intramolecular Hbond substituents is 2. The van der Waals surface area contributed by atoms with Gasteiger partial charge in [-0.1, -0.05) is 0 Å². The third-order valence-electron chi connectivity index (χ3n) is 9.26. The fraction of sp³-hybridized carbons (Fsp3) is 0.375. The lowest BCUT2D eigenvalue weighted by atomic mass is 9.68. The van der Waals surface area contributed by atoms with E-state index in [1.807, 2.05) is 0 Å². The Balaban J connectivity index is 1.70. The zero-order valence-electron chi connectivity index (χ0n) is 24.3. The van der Waals surface area contributed by atoms with Crippen molar-refractivity contribution in [2.75, 3.05) is 14.2 Å². The topological polar surface area (TPSA) is 208 Å². The van der Waals surface area contributed by atoms with Crippen LogP contribution in [0.3, 0.4) is 0 Å². The number of fused-ring (bicyclic) bond motifs is 2. The maximum absolute atomic E-state index is 14.3. The molecule has 12 nitrogen and oxygen atoms in total. The first-order chi connectivity index (χ1) is 20.5. The van der Waals surface area contributed by atoms with Crippen LogP contribution in [0.4, 0.5) is 0 Å². The van der Waals surface area contributed by atoms with Crippen LogP contribution in [0.15, 0.2) is 34.4 Å². The predicted octanol–water partition coefficient (Wildman–Crippen LogP) is 1.94. The summed E-state index contributed by atoms with van der Waals surface area (Å²) in [4.78, 5) is 56.1. The number of hydrogen-bond acceptors (Lipinski definition) is 12. The summed E-state index contributed by atoms with van der Waals surface area (Å²) in [6.07, 6.45) is -4.19. The van der Waals surface area contributed by atoms with Gasteiger partial charge in [-0.05, 0) is 13.8 Å².